The zero-order chi connectivity index (χ0) is 30.2. The van der Waals surface area contributed by atoms with E-state index in [4.69, 9.17) is 16.3 Å². The van der Waals surface area contributed by atoms with Crippen LogP contribution in [-0.2, 0) is 26.2 Å². The molecule has 2 atom stereocenters. The van der Waals surface area contributed by atoms with E-state index >= 15 is 0 Å². The second kappa shape index (κ2) is 14.4. The predicted octanol–water partition coefficient (Wildman–Crippen LogP) is 5.57. The number of benzene rings is 3. The molecule has 1 N–H and O–H groups in total. The minimum absolute atomic E-state index is 0.0149. The number of ether oxygens (including phenoxy) is 1. The lowest BCUT2D eigenvalue weighted by Crippen LogP contribution is -2.52. The molecule has 220 valence electrons. The second-order valence-corrected chi connectivity index (χ2v) is 12.2. The Morgan fingerprint density at radius 2 is 1.54 bits per heavy atom. The Kier molecular flexibility index (Phi) is 11.2. The van der Waals surface area contributed by atoms with Gasteiger partial charge in [-0.15, -0.1) is 0 Å². The van der Waals surface area contributed by atoms with Gasteiger partial charge < -0.3 is 15.0 Å². The number of carbonyl (C=O) groups is 2. The van der Waals surface area contributed by atoms with Crippen LogP contribution in [0.2, 0.25) is 5.02 Å². The van der Waals surface area contributed by atoms with Crippen molar-refractivity contribution in [3.63, 3.8) is 0 Å². The molecule has 3 rings (SSSR count). The molecule has 0 aliphatic carbocycles. The van der Waals surface area contributed by atoms with Crippen LogP contribution in [0.15, 0.2) is 77.7 Å². The van der Waals surface area contributed by atoms with Crippen molar-refractivity contribution in [2.45, 2.75) is 64.6 Å². The van der Waals surface area contributed by atoms with E-state index in [1.165, 1.54) is 17.0 Å². The van der Waals surface area contributed by atoms with Gasteiger partial charge >= 0.3 is 0 Å². The summed E-state index contributed by atoms with van der Waals surface area (Å²) in [5.41, 5.74) is 2.03. The van der Waals surface area contributed by atoms with Crippen LogP contribution in [0.1, 0.15) is 45.2 Å². The lowest BCUT2D eigenvalue weighted by molar-refractivity contribution is -0.139. The summed E-state index contributed by atoms with van der Waals surface area (Å²) in [7, 11) is -4.16. The van der Waals surface area contributed by atoms with Gasteiger partial charge in [-0.3, -0.25) is 13.9 Å². The zero-order valence-corrected chi connectivity index (χ0v) is 25.7. The van der Waals surface area contributed by atoms with Crippen molar-refractivity contribution >= 4 is 39.1 Å². The molecule has 0 spiro atoms. The summed E-state index contributed by atoms with van der Waals surface area (Å²) in [6.45, 7) is 9.26. The summed E-state index contributed by atoms with van der Waals surface area (Å²) in [6.07, 6.45) is 0.727. The summed E-state index contributed by atoms with van der Waals surface area (Å²) < 4.78 is 34.4. The van der Waals surface area contributed by atoms with E-state index in [-0.39, 0.29) is 23.4 Å². The lowest BCUT2D eigenvalue weighted by atomic mass is 10.1. The highest BCUT2D eigenvalue weighted by molar-refractivity contribution is 7.92. The molecule has 0 aromatic heterocycles. The number of amides is 2. The predicted molar refractivity (Wildman–Crippen MR) is 163 cm³/mol. The van der Waals surface area contributed by atoms with Gasteiger partial charge in [-0.25, -0.2) is 8.42 Å². The van der Waals surface area contributed by atoms with Crippen molar-refractivity contribution in [2.75, 3.05) is 17.5 Å². The van der Waals surface area contributed by atoms with Crippen molar-refractivity contribution in [2.24, 2.45) is 0 Å². The van der Waals surface area contributed by atoms with Crippen molar-refractivity contribution in [3.8, 4) is 5.75 Å². The molecule has 3 aromatic carbocycles. The average molecular weight is 600 g/mol. The fraction of sp³-hybridized carbons (Fsp3) is 0.355. The maximum atomic E-state index is 14.0. The lowest BCUT2D eigenvalue weighted by Gasteiger charge is -2.32. The number of aryl methyl sites for hydroxylation is 1. The van der Waals surface area contributed by atoms with Gasteiger partial charge in [0.1, 0.15) is 18.3 Å². The molecule has 0 unspecified atom stereocenters. The Morgan fingerprint density at radius 3 is 2.10 bits per heavy atom. The molecule has 0 aliphatic rings. The highest BCUT2D eigenvalue weighted by Gasteiger charge is 2.32. The molecule has 0 aliphatic heterocycles. The van der Waals surface area contributed by atoms with Gasteiger partial charge in [-0.05, 0) is 88.2 Å². The van der Waals surface area contributed by atoms with E-state index in [0.29, 0.717) is 23.1 Å². The van der Waals surface area contributed by atoms with E-state index in [9.17, 15) is 18.0 Å². The fourth-order valence-electron chi connectivity index (χ4n) is 4.08. The van der Waals surface area contributed by atoms with Crippen LogP contribution in [0.4, 0.5) is 5.69 Å². The minimum atomic E-state index is -4.16. The van der Waals surface area contributed by atoms with Gasteiger partial charge in [0.25, 0.3) is 10.0 Å². The Morgan fingerprint density at radius 1 is 0.927 bits per heavy atom. The molecule has 10 heteroatoms. The van der Waals surface area contributed by atoms with E-state index in [2.05, 4.69) is 5.32 Å². The van der Waals surface area contributed by atoms with Crippen molar-refractivity contribution in [3.05, 3.63) is 88.9 Å². The number of hydrogen-bond acceptors (Lipinski definition) is 5. The number of anilines is 1. The van der Waals surface area contributed by atoms with Gasteiger partial charge in [-0.2, -0.15) is 0 Å². The number of rotatable bonds is 13. The molecule has 0 bridgehead atoms. The number of halogens is 1. The second-order valence-electron chi connectivity index (χ2n) is 9.89. The normalized spacial score (nSPS) is 12.7. The maximum Gasteiger partial charge on any atom is 0.264 e. The van der Waals surface area contributed by atoms with Gasteiger partial charge in [-0.1, -0.05) is 48.4 Å². The topological polar surface area (TPSA) is 96.0 Å². The molecule has 0 fully saturated rings. The number of hydrogen-bond donors (Lipinski definition) is 1. The first-order valence-corrected chi connectivity index (χ1v) is 15.4. The van der Waals surface area contributed by atoms with Gasteiger partial charge in [0.2, 0.25) is 11.8 Å². The van der Waals surface area contributed by atoms with Crippen LogP contribution in [0.3, 0.4) is 0 Å². The largest absolute Gasteiger partial charge is 0.494 e. The monoisotopic (exact) mass is 599 g/mol. The van der Waals surface area contributed by atoms with Crippen molar-refractivity contribution < 1.29 is 22.7 Å². The smallest absolute Gasteiger partial charge is 0.264 e. The van der Waals surface area contributed by atoms with Crippen LogP contribution in [0, 0.1) is 6.92 Å². The molecule has 2 amide bonds. The highest BCUT2D eigenvalue weighted by Crippen LogP contribution is 2.26. The van der Waals surface area contributed by atoms with Crippen LogP contribution in [0.5, 0.6) is 5.75 Å². The maximum absolute atomic E-state index is 14.0. The third-order valence-corrected chi connectivity index (χ3v) is 8.80. The molecule has 0 saturated carbocycles. The summed E-state index contributed by atoms with van der Waals surface area (Å²) >= 11 is 6.05. The standard InChI is InChI=1S/C31H38ClN3O5S/c1-6-23(4)33-31(37)24(5)34(20-25-10-12-26(32)13-11-25)30(36)21-35(27-14-8-22(3)9-15-27)41(38,39)29-18-16-28(17-19-29)40-7-2/h8-19,23-24H,6-7,20-21H2,1-5H3,(H,33,37)/t23-,24-/m0/s1. The van der Waals surface area contributed by atoms with Crippen LogP contribution < -0.4 is 14.4 Å². The quantitative estimate of drug-likeness (QED) is 0.277. The Balaban J connectivity index is 2.01. The zero-order valence-electron chi connectivity index (χ0n) is 24.1. The Labute approximate surface area is 248 Å². The fourth-order valence-corrected chi connectivity index (χ4v) is 5.62. The average Bonchev–Trinajstić information content (AvgIpc) is 2.96. The molecular weight excluding hydrogens is 562 g/mol. The van der Waals surface area contributed by atoms with Crippen LogP contribution >= 0.6 is 11.6 Å². The molecule has 8 nitrogen and oxygen atoms in total. The van der Waals surface area contributed by atoms with Crippen molar-refractivity contribution in [1.82, 2.24) is 10.2 Å². The van der Waals surface area contributed by atoms with E-state index in [1.807, 2.05) is 27.7 Å². The SMILES string of the molecule is CCOc1ccc(S(=O)(=O)N(CC(=O)N(Cc2ccc(Cl)cc2)[C@@H](C)C(=O)N[C@@H](C)CC)c2ccc(C)cc2)cc1. The summed E-state index contributed by atoms with van der Waals surface area (Å²) in [6, 6.07) is 19.0. The molecule has 3 aromatic rings. The number of nitrogens with zero attached hydrogens (tertiary/aromatic N) is 2. The minimum Gasteiger partial charge on any atom is -0.494 e. The van der Waals surface area contributed by atoms with Gasteiger partial charge in [0.15, 0.2) is 0 Å². The number of carbonyl (C=O) groups excluding carboxylic acids is 2. The van der Waals surface area contributed by atoms with E-state index in [1.54, 1.807) is 67.6 Å². The number of sulfonamides is 1. The molecule has 0 radical (unpaired) electrons. The van der Waals surface area contributed by atoms with Crippen LogP contribution in [0.25, 0.3) is 0 Å². The first-order chi connectivity index (χ1) is 19.5. The Bertz CT molecular complexity index is 1410. The van der Waals surface area contributed by atoms with E-state index < -0.39 is 28.5 Å². The summed E-state index contributed by atoms with van der Waals surface area (Å²) in [4.78, 5) is 28.5. The van der Waals surface area contributed by atoms with Gasteiger partial charge in [0, 0.05) is 17.6 Å². The molecular formula is C31H38ClN3O5S. The van der Waals surface area contributed by atoms with E-state index in [0.717, 1.165) is 21.9 Å². The third-order valence-electron chi connectivity index (χ3n) is 6.76. The Hall–Kier alpha value is -3.56. The molecule has 41 heavy (non-hydrogen) atoms. The molecule has 0 heterocycles. The van der Waals surface area contributed by atoms with Crippen molar-refractivity contribution in [1.29, 1.82) is 0 Å². The first kappa shape index (κ1) is 32.0. The van der Waals surface area contributed by atoms with Gasteiger partial charge in [0.05, 0.1) is 17.2 Å². The molecule has 0 saturated heterocycles. The first-order valence-electron chi connectivity index (χ1n) is 13.6. The summed E-state index contributed by atoms with van der Waals surface area (Å²) in [5, 5.41) is 3.47. The number of nitrogens with one attached hydrogen (secondary N) is 1. The van der Waals surface area contributed by atoms with Crippen LogP contribution in [-0.4, -0.2) is 50.4 Å². The third kappa shape index (κ3) is 8.47. The summed E-state index contributed by atoms with van der Waals surface area (Å²) in [5.74, 6) is -0.306. The highest BCUT2D eigenvalue weighted by atomic mass is 35.5.